The number of hydrogen-bond donors (Lipinski definition) is 4. The van der Waals surface area contributed by atoms with Crippen molar-refractivity contribution in [2.75, 3.05) is 0 Å². The van der Waals surface area contributed by atoms with Crippen LogP contribution < -0.4 is 10.9 Å². The second kappa shape index (κ2) is 5.55. The number of aliphatic carboxylic acids is 1. The van der Waals surface area contributed by atoms with Gasteiger partial charge in [-0.2, -0.15) is 18.6 Å². The summed E-state index contributed by atoms with van der Waals surface area (Å²) in [6.45, 7) is 0. The average molecular weight is 314 g/mol. The highest BCUT2D eigenvalue weighted by Gasteiger charge is 2.40. The average Bonchev–Trinajstić information content (AvgIpc) is 2.77. The van der Waals surface area contributed by atoms with Crippen molar-refractivity contribution in [3.63, 3.8) is 0 Å². The van der Waals surface area contributed by atoms with E-state index in [-0.39, 0.29) is 10.6 Å². The number of amides is 1. The maximum Gasteiger partial charge on any atom is 0.325 e. The van der Waals surface area contributed by atoms with E-state index in [1.54, 1.807) is 0 Å². The van der Waals surface area contributed by atoms with Gasteiger partial charge in [0.2, 0.25) is 0 Å². The third-order valence-corrected chi connectivity index (χ3v) is 3.50. The molecule has 0 radical (unpaired) electrons. The fraction of sp³-hybridized carbons (Fsp3) is 0.200. The summed E-state index contributed by atoms with van der Waals surface area (Å²) in [5.41, 5.74) is 4.59. The first-order valence-corrected chi connectivity index (χ1v) is 6.99. The first kappa shape index (κ1) is 15.0. The summed E-state index contributed by atoms with van der Waals surface area (Å²) in [4.78, 5) is 22.0. The lowest BCUT2D eigenvalue weighted by molar-refractivity contribution is -0.140. The Balaban J connectivity index is 2.17. The van der Waals surface area contributed by atoms with E-state index in [1.807, 2.05) is 0 Å². The van der Waals surface area contributed by atoms with Crippen LogP contribution in [-0.2, 0) is 19.7 Å². The molecule has 1 heterocycles. The molecule has 112 valence electrons. The summed E-state index contributed by atoms with van der Waals surface area (Å²) < 4.78 is 30.5. The lowest BCUT2D eigenvalue weighted by Crippen LogP contribution is -2.39. The van der Waals surface area contributed by atoms with Crippen molar-refractivity contribution in [1.82, 2.24) is 10.9 Å². The summed E-state index contributed by atoms with van der Waals surface area (Å²) >= 11 is 0. The van der Waals surface area contributed by atoms with Gasteiger partial charge in [-0.25, -0.2) is 5.43 Å². The van der Waals surface area contributed by atoms with Gasteiger partial charge in [-0.05, 0) is 24.3 Å². The van der Waals surface area contributed by atoms with Gasteiger partial charge in [-0.15, -0.1) is 0 Å². The standard InChI is InChI=1S/C10H10N4O6S/c15-9-7(8(10(16)17)13-14-9)12-11-5-1-3-6(4-2-5)21(18,19)20/h1-4,7-8,13H,(H,14,15)(H,16,17)(H,18,19,20). The van der Waals surface area contributed by atoms with Gasteiger partial charge < -0.3 is 5.11 Å². The van der Waals surface area contributed by atoms with Crippen molar-refractivity contribution in [2.45, 2.75) is 17.0 Å². The SMILES string of the molecule is O=C1NNC(C(=O)O)C1N=Nc1ccc(S(=O)(=O)O)cc1. The number of nitrogens with one attached hydrogen (secondary N) is 2. The molecular formula is C10H10N4O6S. The number of rotatable bonds is 4. The summed E-state index contributed by atoms with van der Waals surface area (Å²) in [5, 5.41) is 16.2. The zero-order valence-corrected chi connectivity index (χ0v) is 11.1. The van der Waals surface area contributed by atoms with Crippen LogP contribution in [0.5, 0.6) is 0 Å². The molecule has 4 N–H and O–H groups in total. The number of carboxylic acid groups (broad SMARTS) is 1. The van der Waals surface area contributed by atoms with Crippen LogP contribution in [0.3, 0.4) is 0 Å². The zero-order chi connectivity index (χ0) is 15.6. The van der Waals surface area contributed by atoms with Crippen LogP contribution in [0.25, 0.3) is 0 Å². The summed E-state index contributed by atoms with van der Waals surface area (Å²) in [6.07, 6.45) is 0. The molecule has 0 bridgehead atoms. The molecule has 1 aliphatic rings. The minimum Gasteiger partial charge on any atom is -0.480 e. The number of hydrazine groups is 1. The Morgan fingerprint density at radius 3 is 2.38 bits per heavy atom. The van der Waals surface area contributed by atoms with Crippen LogP contribution in [0.1, 0.15) is 0 Å². The van der Waals surface area contributed by atoms with Gasteiger partial charge in [0.15, 0.2) is 12.1 Å². The number of nitrogens with zero attached hydrogens (tertiary/aromatic N) is 2. The topological polar surface area (TPSA) is 158 Å². The third-order valence-electron chi connectivity index (χ3n) is 2.63. The van der Waals surface area contributed by atoms with Crippen molar-refractivity contribution < 1.29 is 27.7 Å². The van der Waals surface area contributed by atoms with E-state index in [0.29, 0.717) is 0 Å². The molecule has 1 aromatic rings. The van der Waals surface area contributed by atoms with E-state index in [0.717, 1.165) is 12.1 Å². The maximum absolute atomic E-state index is 11.4. The van der Waals surface area contributed by atoms with Gasteiger partial charge in [0.25, 0.3) is 16.0 Å². The molecule has 0 spiro atoms. The molecule has 1 amide bonds. The Morgan fingerprint density at radius 1 is 1.24 bits per heavy atom. The first-order chi connectivity index (χ1) is 9.79. The Kier molecular flexibility index (Phi) is 3.97. The zero-order valence-electron chi connectivity index (χ0n) is 10.3. The van der Waals surface area contributed by atoms with Crippen LogP contribution in [0.15, 0.2) is 39.4 Å². The molecule has 1 aliphatic heterocycles. The summed E-state index contributed by atoms with van der Waals surface area (Å²) in [5.74, 6) is -1.90. The monoisotopic (exact) mass is 314 g/mol. The van der Waals surface area contributed by atoms with Crippen LogP contribution in [-0.4, -0.2) is 42.0 Å². The molecule has 0 aromatic heterocycles. The van der Waals surface area contributed by atoms with Crippen LogP contribution >= 0.6 is 0 Å². The summed E-state index contributed by atoms with van der Waals surface area (Å²) in [6, 6.07) is 2.24. The minimum absolute atomic E-state index is 0.200. The number of carbonyl (C=O) groups is 2. The van der Waals surface area contributed by atoms with Gasteiger partial charge in [0.05, 0.1) is 10.6 Å². The normalized spacial score (nSPS) is 22.4. The van der Waals surface area contributed by atoms with Gasteiger partial charge in [0.1, 0.15) is 0 Å². The molecule has 2 atom stereocenters. The van der Waals surface area contributed by atoms with Gasteiger partial charge >= 0.3 is 5.97 Å². The van der Waals surface area contributed by atoms with Crippen molar-refractivity contribution in [3.05, 3.63) is 24.3 Å². The predicted octanol–water partition coefficient (Wildman–Crippen LogP) is -0.527. The van der Waals surface area contributed by atoms with Gasteiger partial charge in [0, 0.05) is 0 Å². The Hall–Kier alpha value is -2.37. The highest BCUT2D eigenvalue weighted by atomic mass is 32.2. The molecular weight excluding hydrogens is 304 g/mol. The molecule has 0 saturated carbocycles. The van der Waals surface area contributed by atoms with E-state index in [2.05, 4.69) is 21.1 Å². The molecule has 1 saturated heterocycles. The summed E-state index contributed by atoms with van der Waals surface area (Å²) in [7, 11) is -4.30. The van der Waals surface area contributed by atoms with Crippen molar-refractivity contribution in [3.8, 4) is 0 Å². The number of benzene rings is 1. The smallest absolute Gasteiger partial charge is 0.325 e. The van der Waals surface area contributed by atoms with Crippen LogP contribution in [0.2, 0.25) is 0 Å². The first-order valence-electron chi connectivity index (χ1n) is 5.55. The molecule has 0 aliphatic carbocycles. The number of hydrogen-bond acceptors (Lipinski definition) is 7. The lowest BCUT2D eigenvalue weighted by Gasteiger charge is -2.05. The van der Waals surface area contributed by atoms with Crippen molar-refractivity contribution >= 4 is 27.7 Å². The molecule has 11 heteroatoms. The van der Waals surface area contributed by atoms with Crippen molar-refractivity contribution in [1.29, 1.82) is 0 Å². The number of carbonyl (C=O) groups excluding carboxylic acids is 1. The molecule has 21 heavy (non-hydrogen) atoms. The quantitative estimate of drug-likeness (QED) is 0.429. The largest absolute Gasteiger partial charge is 0.480 e. The molecule has 10 nitrogen and oxygen atoms in total. The van der Waals surface area contributed by atoms with Gasteiger partial charge in [-0.1, -0.05) is 0 Å². The van der Waals surface area contributed by atoms with Crippen LogP contribution in [0.4, 0.5) is 5.69 Å². The van der Waals surface area contributed by atoms with E-state index in [1.165, 1.54) is 12.1 Å². The number of carboxylic acids is 1. The molecule has 1 fully saturated rings. The molecule has 2 unspecified atom stereocenters. The van der Waals surface area contributed by atoms with Crippen molar-refractivity contribution in [2.24, 2.45) is 10.2 Å². The minimum atomic E-state index is -4.30. The Labute approximate surface area is 118 Å². The lowest BCUT2D eigenvalue weighted by atomic mass is 10.1. The highest BCUT2D eigenvalue weighted by molar-refractivity contribution is 7.85. The highest BCUT2D eigenvalue weighted by Crippen LogP contribution is 2.18. The third kappa shape index (κ3) is 3.39. The van der Waals surface area contributed by atoms with E-state index < -0.39 is 34.1 Å². The molecule has 1 aromatic carbocycles. The fourth-order valence-electron chi connectivity index (χ4n) is 1.58. The van der Waals surface area contributed by atoms with E-state index in [4.69, 9.17) is 9.66 Å². The van der Waals surface area contributed by atoms with E-state index >= 15 is 0 Å². The fourth-order valence-corrected chi connectivity index (χ4v) is 2.06. The van der Waals surface area contributed by atoms with E-state index in [9.17, 15) is 18.0 Å². The second-order valence-electron chi connectivity index (χ2n) is 4.08. The second-order valence-corrected chi connectivity index (χ2v) is 5.50. The van der Waals surface area contributed by atoms with Crippen LogP contribution in [0, 0.1) is 0 Å². The number of azo groups is 1. The Bertz CT molecular complexity index is 699. The maximum atomic E-state index is 11.4. The molecule has 2 rings (SSSR count). The Morgan fingerprint density at radius 2 is 1.86 bits per heavy atom. The predicted molar refractivity (Wildman–Crippen MR) is 67.3 cm³/mol. The van der Waals surface area contributed by atoms with Gasteiger partial charge in [-0.3, -0.25) is 19.6 Å².